The summed E-state index contributed by atoms with van der Waals surface area (Å²) in [6, 6.07) is 5.73. The highest BCUT2D eigenvalue weighted by Crippen LogP contribution is 2.45. The first kappa shape index (κ1) is 11.0. The fourth-order valence-electron chi connectivity index (χ4n) is 2.84. The smallest absolute Gasteiger partial charge is 0.115 e. The molecule has 0 amide bonds. The fourth-order valence-corrected chi connectivity index (χ4v) is 2.84. The summed E-state index contributed by atoms with van der Waals surface area (Å²) in [6.45, 7) is 7.70. The Bertz CT molecular complexity index is 407. The minimum Gasteiger partial charge on any atom is -0.508 e. The van der Waals surface area contributed by atoms with Crippen molar-refractivity contribution in [2.75, 3.05) is 0 Å². The van der Waals surface area contributed by atoms with Crippen molar-refractivity contribution < 1.29 is 5.11 Å². The van der Waals surface area contributed by atoms with Gasteiger partial charge in [0.1, 0.15) is 5.75 Å². The molecule has 84 valence electrons. The third-order valence-corrected chi connectivity index (χ3v) is 3.61. The molecule has 0 bridgehead atoms. The molecule has 0 radical (unpaired) electrons. The Morgan fingerprint density at radius 1 is 1.25 bits per heavy atom. The molecule has 0 heterocycles. The number of allylic oxidation sites excluding steroid dienone is 2. The molecule has 0 aromatic heterocycles. The van der Waals surface area contributed by atoms with Crippen LogP contribution in [0.15, 0.2) is 43.5 Å². The first-order valence-corrected chi connectivity index (χ1v) is 5.76. The number of fused-ring (bicyclic) bond motifs is 1. The average Bonchev–Trinajstić information content (AvgIpc) is 2.59. The molecule has 0 fully saturated rings. The third-order valence-electron chi connectivity index (χ3n) is 3.61. The lowest BCUT2D eigenvalue weighted by Gasteiger charge is -2.28. The Morgan fingerprint density at radius 2 is 1.94 bits per heavy atom. The fraction of sp³-hybridized carbons (Fsp3) is 0.333. The van der Waals surface area contributed by atoms with Gasteiger partial charge in [-0.1, -0.05) is 18.2 Å². The highest BCUT2D eigenvalue weighted by molar-refractivity contribution is 5.44. The predicted molar refractivity (Wildman–Crippen MR) is 67.7 cm³/mol. The molecule has 1 aromatic carbocycles. The Morgan fingerprint density at radius 3 is 2.56 bits per heavy atom. The van der Waals surface area contributed by atoms with E-state index in [0.717, 1.165) is 25.7 Å². The van der Waals surface area contributed by atoms with E-state index in [1.54, 1.807) is 6.07 Å². The van der Waals surface area contributed by atoms with Crippen molar-refractivity contribution in [3.05, 3.63) is 54.6 Å². The second-order valence-corrected chi connectivity index (χ2v) is 4.61. The van der Waals surface area contributed by atoms with Crippen molar-refractivity contribution in [3.8, 4) is 5.75 Å². The van der Waals surface area contributed by atoms with E-state index in [1.807, 2.05) is 24.3 Å². The third kappa shape index (κ3) is 1.67. The molecule has 1 heteroatoms. The summed E-state index contributed by atoms with van der Waals surface area (Å²) in [5, 5.41) is 9.61. The van der Waals surface area contributed by atoms with Crippen LogP contribution >= 0.6 is 0 Å². The Balaban J connectivity index is 2.48. The maximum Gasteiger partial charge on any atom is 0.115 e. The van der Waals surface area contributed by atoms with Crippen molar-refractivity contribution >= 4 is 0 Å². The van der Waals surface area contributed by atoms with Crippen LogP contribution in [0, 0.1) is 0 Å². The van der Waals surface area contributed by atoms with Gasteiger partial charge in [0.2, 0.25) is 0 Å². The SMILES string of the molecule is C=CCC1(CC=C)CCc2ccc(O)cc21. The molecule has 0 aliphatic heterocycles. The van der Waals surface area contributed by atoms with Crippen molar-refractivity contribution in [2.24, 2.45) is 0 Å². The van der Waals surface area contributed by atoms with Gasteiger partial charge in [-0.05, 0) is 48.9 Å². The van der Waals surface area contributed by atoms with Gasteiger partial charge in [-0.2, -0.15) is 0 Å². The molecule has 1 N–H and O–H groups in total. The van der Waals surface area contributed by atoms with Gasteiger partial charge in [0, 0.05) is 5.41 Å². The second kappa shape index (κ2) is 4.17. The molecule has 1 aromatic rings. The summed E-state index contributed by atoms with van der Waals surface area (Å²) >= 11 is 0. The highest BCUT2D eigenvalue weighted by Gasteiger charge is 2.36. The zero-order valence-corrected chi connectivity index (χ0v) is 9.58. The molecule has 0 saturated heterocycles. The molecule has 0 atom stereocenters. The van der Waals surface area contributed by atoms with Crippen LogP contribution in [0.2, 0.25) is 0 Å². The predicted octanol–water partition coefficient (Wildman–Crippen LogP) is 3.73. The van der Waals surface area contributed by atoms with E-state index in [0.29, 0.717) is 5.75 Å². The van der Waals surface area contributed by atoms with Crippen LogP contribution in [0.25, 0.3) is 0 Å². The van der Waals surface area contributed by atoms with Gasteiger partial charge in [0.25, 0.3) is 0 Å². The molecule has 1 aliphatic rings. The van der Waals surface area contributed by atoms with E-state index in [2.05, 4.69) is 13.2 Å². The Labute approximate surface area is 97.1 Å². The summed E-state index contributed by atoms with van der Waals surface area (Å²) in [5.41, 5.74) is 2.77. The normalized spacial score (nSPS) is 16.8. The number of hydrogen-bond donors (Lipinski definition) is 1. The van der Waals surface area contributed by atoms with Crippen LogP contribution in [0.1, 0.15) is 30.4 Å². The van der Waals surface area contributed by atoms with Crippen molar-refractivity contribution in [1.29, 1.82) is 0 Å². The lowest BCUT2D eigenvalue weighted by Crippen LogP contribution is -2.21. The van der Waals surface area contributed by atoms with Crippen LogP contribution in [0.5, 0.6) is 5.75 Å². The summed E-state index contributed by atoms with van der Waals surface area (Å²) in [6.07, 6.45) is 8.08. The number of aryl methyl sites for hydroxylation is 1. The van der Waals surface area contributed by atoms with Gasteiger partial charge in [0.15, 0.2) is 0 Å². The zero-order valence-electron chi connectivity index (χ0n) is 9.58. The number of phenolic OH excluding ortho intramolecular Hbond substituents is 1. The summed E-state index contributed by atoms with van der Waals surface area (Å²) in [7, 11) is 0. The molecular weight excluding hydrogens is 196 g/mol. The van der Waals surface area contributed by atoms with E-state index >= 15 is 0 Å². The monoisotopic (exact) mass is 214 g/mol. The lowest BCUT2D eigenvalue weighted by atomic mass is 9.76. The quantitative estimate of drug-likeness (QED) is 0.757. The number of phenols is 1. The van der Waals surface area contributed by atoms with Gasteiger partial charge in [-0.3, -0.25) is 0 Å². The standard InChI is InChI=1S/C15H18O/c1-3-8-15(9-4-2)10-7-12-5-6-13(16)11-14(12)15/h3-6,11,16H,1-2,7-10H2. The van der Waals surface area contributed by atoms with Gasteiger partial charge in [0.05, 0.1) is 0 Å². The summed E-state index contributed by atoms with van der Waals surface area (Å²) in [4.78, 5) is 0. The maximum atomic E-state index is 9.61. The minimum atomic E-state index is 0.123. The number of benzene rings is 1. The van der Waals surface area contributed by atoms with Crippen LogP contribution < -0.4 is 0 Å². The minimum absolute atomic E-state index is 0.123. The lowest BCUT2D eigenvalue weighted by molar-refractivity contribution is 0.428. The van der Waals surface area contributed by atoms with Crippen LogP contribution in [-0.2, 0) is 11.8 Å². The van der Waals surface area contributed by atoms with E-state index in [-0.39, 0.29) is 5.41 Å². The molecule has 16 heavy (non-hydrogen) atoms. The maximum absolute atomic E-state index is 9.61. The molecule has 0 spiro atoms. The van der Waals surface area contributed by atoms with E-state index in [4.69, 9.17) is 0 Å². The molecule has 0 saturated carbocycles. The number of hydrogen-bond acceptors (Lipinski definition) is 1. The first-order valence-electron chi connectivity index (χ1n) is 5.76. The average molecular weight is 214 g/mol. The van der Waals surface area contributed by atoms with Gasteiger partial charge >= 0.3 is 0 Å². The van der Waals surface area contributed by atoms with E-state index < -0.39 is 0 Å². The number of rotatable bonds is 4. The van der Waals surface area contributed by atoms with E-state index in [9.17, 15) is 5.11 Å². The van der Waals surface area contributed by atoms with Crippen LogP contribution in [0.4, 0.5) is 0 Å². The Hall–Kier alpha value is -1.50. The van der Waals surface area contributed by atoms with Crippen molar-refractivity contribution in [2.45, 2.75) is 31.1 Å². The van der Waals surface area contributed by atoms with E-state index in [1.165, 1.54) is 11.1 Å². The van der Waals surface area contributed by atoms with Gasteiger partial charge in [-0.15, -0.1) is 13.2 Å². The van der Waals surface area contributed by atoms with Gasteiger partial charge in [-0.25, -0.2) is 0 Å². The zero-order chi connectivity index (χ0) is 11.6. The molecule has 1 aliphatic carbocycles. The van der Waals surface area contributed by atoms with Crippen molar-refractivity contribution in [1.82, 2.24) is 0 Å². The largest absolute Gasteiger partial charge is 0.508 e. The summed E-state index contributed by atoms with van der Waals surface area (Å²) in [5.74, 6) is 0.359. The molecular formula is C15H18O. The summed E-state index contributed by atoms with van der Waals surface area (Å²) < 4.78 is 0. The topological polar surface area (TPSA) is 20.2 Å². The van der Waals surface area contributed by atoms with Crippen molar-refractivity contribution in [3.63, 3.8) is 0 Å². The second-order valence-electron chi connectivity index (χ2n) is 4.61. The van der Waals surface area contributed by atoms with Crippen LogP contribution in [-0.4, -0.2) is 5.11 Å². The highest BCUT2D eigenvalue weighted by atomic mass is 16.3. The molecule has 0 unspecified atom stereocenters. The van der Waals surface area contributed by atoms with Crippen LogP contribution in [0.3, 0.4) is 0 Å². The number of aromatic hydroxyl groups is 1. The Kier molecular flexibility index (Phi) is 2.86. The molecule has 1 nitrogen and oxygen atoms in total. The van der Waals surface area contributed by atoms with Gasteiger partial charge < -0.3 is 5.11 Å². The first-order chi connectivity index (χ1) is 7.72. The molecule has 2 rings (SSSR count).